The molecule has 0 atom stereocenters. The summed E-state index contributed by atoms with van der Waals surface area (Å²) in [6.45, 7) is 0. The number of phenols is 1. The molecule has 0 saturated heterocycles. The zero-order chi connectivity index (χ0) is 14.3. The van der Waals surface area contributed by atoms with Crippen LogP contribution in [0.1, 0.15) is 15.9 Å². The van der Waals surface area contributed by atoms with Crippen LogP contribution in [0.5, 0.6) is 5.75 Å². The number of hydrogen-bond donors (Lipinski definition) is 1. The Balaban J connectivity index is 2.32. The van der Waals surface area contributed by atoms with Crippen molar-refractivity contribution >= 4 is 20.5 Å². The summed E-state index contributed by atoms with van der Waals surface area (Å²) in [7, 11) is -3.91. The molecule has 2 aromatic rings. The molecule has 0 bridgehead atoms. The zero-order valence-corrected chi connectivity index (χ0v) is 11.1. The van der Waals surface area contributed by atoms with Gasteiger partial charge in [0.05, 0.1) is 4.91 Å². The molecule has 0 aliphatic carbocycles. The van der Waals surface area contributed by atoms with Crippen LogP contribution in [0.2, 0.25) is 0 Å². The molecule has 0 saturated carbocycles. The Hall–Kier alpha value is -2.40. The Kier molecular flexibility index (Phi) is 2.72. The van der Waals surface area contributed by atoms with Gasteiger partial charge >= 0.3 is 0 Å². The minimum absolute atomic E-state index is 0.00433. The van der Waals surface area contributed by atoms with Crippen molar-refractivity contribution in [3.05, 3.63) is 65.7 Å². The summed E-state index contributed by atoms with van der Waals surface area (Å²) in [4.78, 5) is 11.7. The number of rotatable bonds is 1. The molecular weight excluding hydrogens is 276 g/mol. The number of carbonyl (C=O) groups excluding carboxylic acids is 1. The van der Waals surface area contributed by atoms with Gasteiger partial charge in [-0.2, -0.15) is 0 Å². The maximum absolute atomic E-state index is 12.6. The van der Waals surface area contributed by atoms with Gasteiger partial charge < -0.3 is 5.11 Å². The van der Waals surface area contributed by atoms with Gasteiger partial charge in [-0.1, -0.05) is 36.4 Å². The van der Waals surface area contributed by atoms with Crippen LogP contribution in [0.3, 0.4) is 0 Å². The van der Waals surface area contributed by atoms with Crippen molar-refractivity contribution in [2.24, 2.45) is 0 Å². The molecule has 1 aliphatic heterocycles. The number of allylic oxidation sites excluding steroid dienone is 1. The molecule has 5 heteroatoms. The molecule has 2 aromatic carbocycles. The van der Waals surface area contributed by atoms with E-state index < -0.39 is 21.4 Å². The Bertz CT molecular complexity index is 833. The first kappa shape index (κ1) is 12.6. The molecule has 0 fully saturated rings. The maximum atomic E-state index is 12.6. The predicted molar refractivity (Wildman–Crippen MR) is 74.0 cm³/mol. The van der Waals surface area contributed by atoms with Gasteiger partial charge in [0.25, 0.3) is 0 Å². The molecule has 20 heavy (non-hydrogen) atoms. The van der Waals surface area contributed by atoms with E-state index in [1.807, 2.05) is 0 Å². The average molecular weight is 286 g/mol. The van der Waals surface area contributed by atoms with Gasteiger partial charge in [0, 0.05) is 11.6 Å². The van der Waals surface area contributed by atoms with Crippen LogP contribution in [0, 0.1) is 0 Å². The topological polar surface area (TPSA) is 71.4 Å². The third kappa shape index (κ3) is 1.75. The molecule has 0 radical (unpaired) electrons. The third-order valence-electron chi connectivity index (χ3n) is 3.14. The molecule has 0 unspecified atom stereocenters. The van der Waals surface area contributed by atoms with Gasteiger partial charge in [0.15, 0.2) is 5.78 Å². The van der Waals surface area contributed by atoms with E-state index in [0.717, 1.165) is 6.08 Å². The standard InChI is InChI=1S/C15H10O4S/c16-12-8-4-7-11-13(17)9-14(20(18,19)15(11)12)10-5-2-1-3-6-10/h1-9,16H. The second-order valence-corrected chi connectivity index (χ2v) is 6.25. The predicted octanol–water partition coefficient (Wildman–Crippen LogP) is 2.40. The lowest BCUT2D eigenvalue weighted by Crippen LogP contribution is -2.16. The highest BCUT2D eigenvalue weighted by molar-refractivity contribution is 8.01. The van der Waals surface area contributed by atoms with Crippen LogP contribution in [0.15, 0.2) is 59.5 Å². The van der Waals surface area contributed by atoms with Crippen LogP contribution in [-0.2, 0) is 9.84 Å². The fourth-order valence-electron chi connectivity index (χ4n) is 2.23. The summed E-state index contributed by atoms with van der Waals surface area (Å²) in [6, 6.07) is 12.5. The first-order valence-electron chi connectivity index (χ1n) is 5.90. The second-order valence-electron chi connectivity index (χ2n) is 4.40. The number of benzene rings is 2. The quantitative estimate of drug-likeness (QED) is 0.873. The number of fused-ring (bicyclic) bond motifs is 1. The normalized spacial score (nSPS) is 16.4. The van der Waals surface area contributed by atoms with Crippen molar-refractivity contribution in [2.45, 2.75) is 4.90 Å². The molecule has 4 nitrogen and oxygen atoms in total. The highest BCUT2D eigenvalue weighted by Gasteiger charge is 2.34. The maximum Gasteiger partial charge on any atom is 0.211 e. The summed E-state index contributed by atoms with van der Waals surface area (Å²) in [5.74, 6) is -0.832. The molecule has 1 N–H and O–H groups in total. The van der Waals surface area contributed by atoms with Gasteiger partial charge in [-0.3, -0.25) is 4.79 Å². The Labute approximate surface area is 115 Å². The van der Waals surface area contributed by atoms with E-state index in [9.17, 15) is 18.3 Å². The highest BCUT2D eigenvalue weighted by atomic mass is 32.2. The van der Waals surface area contributed by atoms with E-state index in [1.54, 1.807) is 30.3 Å². The number of carbonyl (C=O) groups is 1. The van der Waals surface area contributed by atoms with Crippen LogP contribution in [0.4, 0.5) is 0 Å². The van der Waals surface area contributed by atoms with Gasteiger partial charge in [-0.15, -0.1) is 0 Å². The fraction of sp³-hybridized carbons (Fsp3) is 0. The lowest BCUT2D eigenvalue weighted by atomic mass is 10.1. The van der Waals surface area contributed by atoms with Crippen molar-refractivity contribution in [1.82, 2.24) is 0 Å². The summed E-state index contributed by atoms with van der Waals surface area (Å²) in [6.07, 6.45) is 1.10. The molecular formula is C15H10O4S. The van der Waals surface area contributed by atoms with Crippen LogP contribution < -0.4 is 0 Å². The van der Waals surface area contributed by atoms with E-state index in [0.29, 0.717) is 5.56 Å². The van der Waals surface area contributed by atoms with Gasteiger partial charge in [-0.25, -0.2) is 8.42 Å². The average Bonchev–Trinajstić information content (AvgIpc) is 2.43. The molecule has 1 aliphatic rings. The SMILES string of the molecule is O=C1C=C(c2ccccc2)S(=O)(=O)c2c(O)cccc21. The van der Waals surface area contributed by atoms with E-state index in [4.69, 9.17) is 0 Å². The summed E-state index contributed by atoms with van der Waals surface area (Å²) in [5, 5.41) is 9.82. The zero-order valence-electron chi connectivity index (χ0n) is 10.3. The number of phenolic OH excluding ortho intramolecular Hbond substituents is 1. The monoisotopic (exact) mass is 286 g/mol. The summed E-state index contributed by atoms with van der Waals surface area (Å²) >= 11 is 0. The van der Waals surface area contributed by atoms with Crippen LogP contribution in [-0.4, -0.2) is 19.3 Å². The van der Waals surface area contributed by atoms with Crippen LogP contribution in [0.25, 0.3) is 4.91 Å². The van der Waals surface area contributed by atoms with Crippen molar-refractivity contribution < 1.29 is 18.3 Å². The highest BCUT2D eigenvalue weighted by Crippen LogP contribution is 2.39. The molecule has 1 heterocycles. The van der Waals surface area contributed by atoms with Crippen molar-refractivity contribution in [3.8, 4) is 5.75 Å². The van der Waals surface area contributed by atoms with Gasteiger partial charge in [0.2, 0.25) is 9.84 Å². The van der Waals surface area contributed by atoms with Gasteiger partial charge in [-0.05, 0) is 17.7 Å². The minimum atomic E-state index is -3.91. The third-order valence-corrected chi connectivity index (χ3v) is 5.04. The number of sulfone groups is 1. The van der Waals surface area contributed by atoms with Crippen molar-refractivity contribution in [1.29, 1.82) is 0 Å². The lowest BCUT2D eigenvalue weighted by molar-refractivity contribution is 0.104. The van der Waals surface area contributed by atoms with E-state index in [1.165, 1.54) is 18.2 Å². The minimum Gasteiger partial charge on any atom is -0.507 e. The van der Waals surface area contributed by atoms with E-state index >= 15 is 0 Å². The summed E-state index contributed by atoms with van der Waals surface area (Å²) in [5.41, 5.74) is 0.430. The van der Waals surface area contributed by atoms with Crippen LogP contribution >= 0.6 is 0 Å². The van der Waals surface area contributed by atoms with E-state index in [-0.39, 0.29) is 15.4 Å². The number of aromatic hydroxyl groups is 1. The lowest BCUT2D eigenvalue weighted by Gasteiger charge is -2.17. The van der Waals surface area contributed by atoms with Crippen molar-refractivity contribution in [3.63, 3.8) is 0 Å². The Morgan fingerprint density at radius 2 is 1.60 bits per heavy atom. The number of ketones is 1. The Morgan fingerprint density at radius 3 is 2.30 bits per heavy atom. The van der Waals surface area contributed by atoms with E-state index in [2.05, 4.69) is 0 Å². The second kappa shape index (κ2) is 4.31. The molecule has 0 amide bonds. The van der Waals surface area contributed by atoms with Crippen molar-refractivity contribution in [2.75, 3.05) is 0 Å². The molecule has 3 rings (SSSR count). The largest absolute Gasteiger partial charge is 0.507 e. The fourth-order valence-corrected chi connectivity index (χ4v) is 3.96. The smallest absolute Gasteiger partial charge is 0.211 e. The molecule has 0 aromatic heterocycles. The van der Waals surface area contributed by atoms with Gasteiger partial charge in [0.1, 0.15) is 10.6 Å². The summed E-state index contributed by atoms with van der Waals surface area (Å²) < 4.78 is 25.2. The number of hydrogen-bond acceptors (Lipinski definition) is 4. The molecule has 100 valence electrons. The first-order valence-corrected chi connectivity index (χ1v) is 7.38. The Morgan fingerprint density at radius 1 is 0.900 bits per heavy atom. The first-order chi connectivity index (χ1) is 9.51. The molecule has 0 spiro atoms.